The molecule has 15 heteroatoms. The second-order valence-corrected chi connectivity index (χ2v) is 17.6. The van der Waals surface area contributed by atoms with Crippen LogP contribution in [0, 0.1) is 24.1 Å². The molecule has 6 rings (SSSR count). The molecule has 1 unspecified atom stereocenters. The van der Waals surface area contributed by atoms with Crippen molar-refractivity contribution < 1.29 is 22.3 Å². The number of hydrogen-bond acceptors (Lipinski definition) is 10. The average molecular weight is 788 g/mol. The number of fused-ring (bicyclic) bond motifs is 1. The number of carbonyl (C=O) groups is 1. The van der Waals surface area contributed by atoms with Crippen LogP contribution in [-0.2, 0) is 23.1 Å². The fraction of sp³-hybridized carbons (Fsp3) is 0.512. The SMILES string of the molecule is Cc1c(CN2CCC(Nc3nccnc3Oc3ccc(F)cc3C(=O)N(C(C)C)C(C)C)CC2)ccc2c1cc(C#N)n2CC(C)N1CCN(S(C)(=O)=O)CC1. The van der Waals surface area contributed by atoms with Gasteiger partial charge >= 0.3 is 0 Å². The molecule has 0 aliphatic carbocycles. The van der Waals surface area contributed by atoms with Crippen molar-refractivity contribution in [3.8, 4) is 17.7 Å². The molecule has 0 bridgehead atoms. The zero-order valence-electron chi connectivity index (χ0n) is 33.5. The molecule has 2 aliphatic heterocycles. The van der Waals surface area contributed by atoms with Crippen LogP contribution in [0.1, 0.15) is 74.6 Å². The van der Waals surface area contributed by atoms with Crippen LogP contribution in [0.4, 0.5) is 10.2 Å². The minimum atomic E-state index is -3.20. The second-order valence-electron chi connectivity index (χ2n) is 15.6. The number of nitrogens with zero attached hydrogens (tertiary/aromatic N) is 8. The van der Waals surface area contributed by atoms with Gasteiger partial charge in [-0.2, -0.15) is 9.57 Å². The lowest BCUT2D eigenvalue weighted by Crippen LogP contribution is -2.51. The van der Waals surface area contributed by atoms with Gasteiger partial charge in [-0.3, -0.25) is 14.6 Å². The number of rotatable bonds is 13. The molecule has 0 radical (unpaired) electrons. The van der Waals surface area contributed by atoms with Gasteiger partial charge in [0.15, 0.2) is 5.82 Å². The first-order valence-electron chi connectivity index (χ1n) is 19.5. The summed E-state index contributed by atoms with van der Waals surface area (Å²) in [6.07, 6.45) is 6.10. The number of likely N-dealkylation sites (tertiary alicyclic amines) is 1. The Morgan fingerprint density at radius 1 is 1.00 bits per heavy atom. The number of nitrogens with one attached hydrogen (secondary N) is 1. The quantitative estimate of drug-likeness (QED) is 0.176. The molecule has 2 aliphatic rings. The fourth-order valence-electron chi connectivity index (χ4n) is 8.07. The van der Waals surface area contributed by atoms with Crippen LogP contribution >= 0.6 is 0 Å². The molecular weight excluding hydrogens is 734 g/mol. The lowest BCUT2D eigenvalue weighted by molar-refractivity contribution is 0.0640. The smallest absolute Gasteiger partial charge is 0.262 e. The number of piperazine rings is 1. The molecule has 300 valence electrons. The maximum absolute atomic E-state index is 14.4. The Balaban J connectivity index is 1.09. The van der Waals surface area contributed by atoms with E-state index in [0.717, 1.165) is 48.9 Å². The van der Waals surface area contributed by atoms with Gasteiger partial charge < -0.3 is 19.5 Å². The summed E-state index contributed by atoms with van der Waals surface area (Å²) >= 11 is 0. The average Bonchev–Trinajstić information content (AvgIpc) is 3.52. The number of halogens is 1. The number of piperidine rings is 1. The van der Waals surface area contributed by atoms with Crippen molar-refractivity contribution in [3.05, 3.63) is 77.0 Å². The molecule has 13 nitrogen and oxygen atoms in total. The zero-order valence-corrected chi connectivity index (χ0v) is 34.3. The topological polar surface area (TPSA) is 140 Å². The van der Waals surface area contributed by atoms with E-state index >= 15 is 0 Å². The maximum Gasteiger partial charge on any atom is 0.262 e. The number of anilines is 1. The summed E-state index contributed by atoms with van der Waals surface area (Å²) in [5.74, 6) is 0.0470. The van der Waals surface area contributed by atoms with Crippen molar-refractivity contribution in [2.24, 2.45) is 0 Å². The number of benzene rings is 2. The minimum absolute atomic E-state index is 0.0893. The highest BCUT2D eigenvalue weighted by Gasteiger charge is 2.29. The van der Waals surface area contributed by atoms with Gasteiger partial charge in [-0.15, -0.1) is 0 Å². The monoisotopic (exact) mass is 787 g/mol. The van der Waals surface area contributed by atoms with E-state index in [1.54, 1.807) is 11.1 Å². The normalized spacial score (nSPS) is 17.0. The van der Waals surface area contributed by atoms with E-state index in [1.165, 1.54) is 40.5 Å². The molecule has 1 N–H and O–H groups in total. The van der Waals surface area contributed by atoms with Crippen LogP contribution in [-0.4, -0.2) is 118 Å². The van der Waals surface area contributed by atoms with E-state index in [2.05, 4.69) is 61.7 Å². The zero-order chi connectivity index (χ0) is 40.3. The van der Waals surface area contributed by atoms with Crippen molar-refractivity contribution in [3.63, 3.8) is 0 Å². The van der Waals surface area contributed by atoms with Crippen LogP contribution in [0.3, 0.4) is 0 Å². The highest BCUT2D eigenvalue weighted by molar-refractivity contribution is 7.88. The molecule has 0 spiro atoms. The predicted molar refractivity (Wildman–Crippen MR) is 216 cm³/mol. The molecule has 2 aromatic carbocycles. The van der Waals surface area contributed by atoms with Crippen LogP contribution in [0.25, 0.3) is 10.9 Å². The fourth-order valence-corrected chi connectivity index (χ4v) is 8.90. The van der Waals surface area contributed by atoms with Crippen LogP contribution in [0.2, 0.25) is 0 Å². The Hall–Kier alpha value is -4.62. The Morgan fingerprint density at radius 3 is 2.32 bits per heavy atom. The van der Waals surface area contributed by atoms with Crippen LogP contribution in [0.5, 0.6) is 11.6 Å². The Morgan fingerprint density at radius 2 is 1.68 bits per heavy atom. The van der Waals surface area contributed by atoms with Gasteiger partial charge in [-0.05, 0) is 95.8 Å². The third kappa shape index (κ3) is 9.15. The van der Waals surface area contributed by atoms with Crippen LogP contribution in [0.15, 0.2) is 48.8 Å². The molecule has 56 heavy (non-hydrogen) atoms. The summed E-state index contributed by atoms with van der Waals surface area (Å²) < 4.78 is 48.2. The first-order chi connectivity index (χ1) is 26.6. The first kappa shape index (κ1) is 41.0. The van der Waals surface area contributed by atoms with E-state index in [4.69, 9.17) is 4.74 Å². The second kappa shape index (κ2) is 17.3. The predicted octanol–water partition coefficient (Wildman–Crippen LogP) is 5.84. The molecular formula is C41H54FN9O4S. The highest BCUT2D eigenvalue weighted by Crippen LogP contribution is 2.32. The standard InChI is InChI=1S/C41H54FN9O4S/c1-27(2)51(28(3)4)41(52)36-22-32(42)9-11-38(36)55-40-39(44-14-15-45-40)46-33-12-16-47(17-13-33)26-31-8-10-37-35(30(31)6)23-34(24-43)50(37)25-29(5)48-18-20-49(21-19-48)56(7,53)54/h8-11,14-15,22-23,27-29,33H,12-13,16-21,25-26H2,1-7H3,(H,44,46). The van der Waals surface area contributed by atoms with Gasteiger partial charge in [-0.1, -0.05) is 6.07 Å². The molecule has 4 aromatic rings. The summed E-state index contributed by atoms with van der Waals surface area (Å²) in [7, 11) is -3.20. The molecule has 2 fully saturated rings. The molecule has 0 saturated carbocycles. The Kier molecular flexibility index (Phi) is 12.6. The van der Waals surface area contributed by atoms with Gasteiger partial charge in [-0.25, -0.2) is 22.8 Å². The van der Waals surface area contributed by atoms with E-state index in [9.17, 15) is 22.9 Å². The lowest BCUT2D eigenvalue weighted by Gasteiger charge is -2.37. The summed E-state index contributed by atoms with van der Waals surface area (Å²) in [6.45, 7) is 17.4. The van der Waals surface area contributed by atoms with E-state index in [1.807, 2.05) is 33.8 Å². The molecule has 1 amide bonds. The number of carbonyl (C=O) groups excluding carboxylic acids is 1. The summed E-state index contributed by atoms with van der Waals surface area (Å²) in [5.41, 5.74) is 4.17. The largest absolute Gasteiger partial charge is 0.435 e. The molecule has 4 heterocycles. The van der Waals surface area contributed by atoms with Crippen molar-refractivity contribution in [1.29, 1.82) is 5.26 Å². The third-order valence-corrected chi connectivity index (χ3v) is 12.4. The van der Waals surface area contributed by atoms with Gasteiger partial charge in [0.25, 0.3) is 11.8 Å². The number of ether oxygens (including phenoxy) is 1. The first-order valence-corrected chi connectivity index (χ1v) is 21.3. The van der Waals surface area contributed by atoms with Crippen LogP contribution < -0.4 is 10.1 Å². The number of aryl methyl sites for hydroxylation is 1. The van der Waals surface area contributed by atoms with Gasteiger partial charge in [0.2, 0.25) is 10.0 Å². The van der Waals surface area contributed by atoms with E-state index < -0.39 is 15.8 Å². The number of amides is 1. The number of nitriles is 1. The Labute approximate surface area is 330 Å². The third-order valence-electron chi connectivity index (χ3n) is 11.1. The van der Waals surface area contributed by atoms with Gasteiger partial charge in [0.05, 0.1) is 11.8 Å². The number of hydrogen-bond donors (Lipinski definition) is 1. The van der Waals surface area contributed by atoms with Crippen molar-refractivity contribution in [1.82, 2.24) is 33.5 Å². The molecule has 2 saturated heterocycles. The van der Waals surface area contributed by atoms with Gasteiger partial charge in [0, 0.05) is 99.8 Å². The van der Waals surface area contributed by atoms with Crippen molar-refractivity contribution >= 4 is 32.7 Å². The molecule has 2 aromatic heterocycles. The van der Waals surface area contributed by atoms with E-state index in [-0.39, 0.29) is 47.3 Å². The van der Waals surface area contributed by atoms with Crippen molar-refractivity contribution in [2.75, 3.05) is 50.8 Å². The van der Waals surface area contributed by atoms with Gasteiger partial charge in [0.1, 0.15) is 23.3 Å². The highest BCUT2D eigenvalue weighted by atomic mass is 32.2. The number of sulfonamides is 1. The van der Waals surface area contributed by atoms with E-state index in [0.29, 0.717) is 44.2 Å². The summed E-state index contributed by atoms with van der Waals surface area (Å²) in [5, 5.41) is 14.7. The summed E-state index contributed by atoms with van der Waals surface area (Å²) in [6, 6.07) is 12.7. The van der Waals surface area contributed by atoms with Crippen molar-refractivity contribution in [2.45, 2.75) is 91.6 Å². The lowest BCUT2D eigenvalue weighted by atomic mass is 10.0. The minimum Gasteiger partial charge on any atom is -0.435 e. The summed E-state index contributed by atoms with van der Waals surface area (Å²) in [4.78, 5) is 29.0. The maximum atomic E-state index is 14.4. The number of aromatic nitrogens is 3. The molecule has 1 atom stereocenters. The Bertz CT molecular complexity index is 2180.